The molecule has 0 aromatic heterocycles. The molecule has 0 aliphatic heterocycles. The van der Waals surface area contributed by atoms with E-state index in [2.05, 4.69) is 12.7 Å². The molecule has 1 atom stereocenters. The molecule has 0 radical (unpaired) electrons. The number of rotatable bonds is 9. The summed E-state index contributed by atoms with van der Waals surface area (Å²) in [5, 5.41) is 0. The number of benzene rings is 2. The lowest BCUT2D eigenvalue weighted by atomic mass is 9.78. The highest BCUT2D eigenvalue weighted by Gasteiger charge is 2.41. The minimum atomic E-state index is -4.10. The van der Waals surface area contributed by atoms with E-state index in [9.17, 15) is 17.6 Å². The number of alkyl halides is 2. The lowest BCUT2D eigenvalue weighted by molar-refractivity contribution is -0.275. The third kappa shape index (κ3) is 6.35. The maximum atomic E-state index is 14.8. The predicted molar refractivity (Wildman–Crippen MR) is 124 cm³/mol. The minimum absolute atomic E-state index is 0.0426. The standard InChI is InChI=1S/C28H32F4O/c1-4-6-7-8-21-11-13-22(14-12-21)19(3)33-28(31,32)27-25(29)17-24(18-26(27)30)23-15-9-20(5-2)10-16-23/h4-6,11-14,17-20,23H,2,7-10,15-16H2,1,3H3/b6-4+. The summed E-state index contributed by atoms with van der Waals surface area (Å²) in [6, 6.07) is 9.21. The molecule has 178 valence electrons. The molecule has 1 aliphatic carbocycles. The number of hydrogen-bond acceptors (Lipinski definition) is 1. The Labute approximate surface area is 194 Å². The van der Waals surface area contributed by atoms with Crippen molar-refractivity contribution in [1.82, 2.24) is 0 Å². The normalized spacial score (nSPS) is 20.2. The van der Waals surface area contributed by atoms with E-state index in [4.69, 9.17) is 4.74 Å². The maximum absolute atomic E-state index is 14.8. The second-order valence-corrected chi connectivity index (χ2v) is 8.83. The fourth-order valence-electron chi connectivity index (χ4n) is 4.52. The van der Waals surface area contributed by atoms with Crippen LogP contribution in [0, 0.1) is 17.6 Å². The maximum Gasteiger partial charge on any atom is 0.389 e. The van der Waals surface area contributed by atoms with Crippen LogP contribution in [0.25, 0.3) is 0 Å². The molecule has 1 fully saturated rings. The molecule has 1 unspecified atom stereocenters. The Kier molecular flexibility index (Phi) is 8.52. The fourth-order valence-corrected chi connectivity index (χ4v) is 4.52. The molecule has 2 aromatic rings. The lowest BCUT2D eigenvalue weighted by Gasteiger charge is -2.28. The summed E-state index contributed by atoms with van der Waals surface area (Å²) in [6.45, 7) is 7.20. The molecule has 0 bridgehead atoms. The first-order valence-corrected chi connectivity index (χ1v) is 11.6. The van der Waals surface area contributed by atoms with Crippen molar-refractivity contribution in [2.24, 2.45) is 5.92 Å². The topological polar surface area (TPSA) is 9.23 Å². The monoisotopic (exact) mass is 460 g/mol. The van der Waals surface area contributed by atoms with Gasteiger partial charge in [0.05, 0.1) is 6.10 Å². The van der Waals surface area contributed by atoms with Gasteiger partial charge in [0, 0.05) is 0 Å². The zero-order valence-corrected chi connectivity index (χ0v) is 19.3. The molecule has 5 heteroatoms. The van der Waals surface area contributed by atoms with Crippen LogP contribution in [0.4, 0.5) is 17.6 Å². The van der Waals surface area contributed by atoms with Gasteiger partial charge in [-0.3, -0.25) is 0 Å². The van der Waals surface area contributed by atoms with Crippen molar-refractivity contribution >= 4 is 0 Å². The first-order valence-electron chi connectivity index (χ1n) is 11.6. The summed E-state index contributed by atoms with van der Waals surface area (Å²) in [5.74, 6) is -2.18. The molecule has 33 heavy (non-hydrogen) atoms. The quantitative estimate of drug-likeness (QED) is 0.268. The van der Waals surface area contributed by atoms with Crippen LogP contribution >= 0.6 is 0 Å². The highest BCUT2D eigenvalue weighted by atomic mass is 19.3. The van der Waals surface area contributed by atoms with Crippen molar-refractivity contribution in [3.8, 4) is 0 Å². The largest absolute Gasteiger partial charge is 0.389 e. The lowest BCUT2D eigenvalue weighted by Crippen LogP contribution is -2.24. The van der Waals surface area contributed by atoms with Gasteiger partial charge in [-0.05, 0) is 93.0 Å². The molecule has 0 saturated heterocycles. The van der Waals surface area contributed by atoms with E-state index in [0.717, 1.165) is 56.2 Å². The summed E-state index contributed by atoms with van der Waals surface area (Å²) < 4.78 is 64.1. The van der Waals surface area contributed by atoms with Gasteiger partial charge in [0.15, 0.2) is 0 Å². The second-order valence-electron chi connectivity index (χ2n) is 8.83. The Bertz CT molecular complexity index is 933. The molecule has 0 amide bonds. The molecule has 1 nitrogen and oxygen atoms in total. The van der Waals surface area contributed by atoms with Gasteiger partial charge in [0.1, 0.15) is 17.2 Å². The number of ether oxygens (including phenoxy) is 1. The summed E-state index contributed by atoms with van der Waals surface area (Å²) in [6.07, 6.45) is 5.79. The number of hydrogen-bond donors (Lipinski definition) is 0. The molecular formula is C28H32F4O. The highest BCUT2D eigenvalue weighted by molar-refractivity contribution is 5.31. The van der Waals surface area contributed by atoms with Crippen molar-refractivity contribution in [3.05, 3.63) is 95.1 Å². The van der Waals surface area contributed by atoms with E-state index in [1.165, 1.54) is 6.92 Å². The second kappa shape index (κ2) is 11.1. The SMILES string of the molecule is C=CC1CCC(c2cc(F)c(C(F)(F)OC(C)c3ccc(CC/C=C/C)cc3)c(F)c2)CC1. The molecule has 1 aliphatic rings. The first-order chi connectivity index (χ1) is 15.7. The van der Waals surface area contributed by atoms with Crippen molar-refractivity contribution in [2.45, 2.75) is 70.5 Å². The van der Waals surface area contributed by atoms with Gasteiger partial charge in [-0.15, -0.1) is 6.58 Å². The zero-order chi connectivity index (χ0) is 24.0. The van der Waals surface area contributed by atoms with Gasteiger partial charge in [0.25, 0.3) is 0 Å². The van der Waals surface area contributed by atoms with Crippen LogP contribution in [-0.4, -0.2) is 0 Å². The summed E-state index contributed by atoms with van der Waals surface area (Å²) >= 11 is 0. The Morgan fingerprint density at radius 2 is 1.67 bits per heavy atom. The van der Waals surface area contributed by atoms with E-state index in [0.29, 0.717) is 17.0 Å². The first kappa shape index (κ1) is 25.2. The van der Waals surface area contributed by atoms with E-state index >= 15 is 0 Å². The van der Waals surface area contributed by atoms with Crippen LogP contribution in [0.2, 0.25) is 0 Å². The van der Waals surface area contributed by atoms with Crippen molar-refractivity contribution in [2.75, 3.05) is 0 Å². The van der Waals surface area contributed by atoms with Crippen molar-refractivity contribution in [1.29, 1.82) is 0 Å². The molecule has 0 heterocycles. The predicted octanol–water partition coefficient (Wildman–Crippen LogP) is 8.76. The van der Waals surface area contributed by atoms with Crippen molar-refractivity contribution in [3.63, 3.8) is 0 Å². The molecular weight excluding hydrogens is 428 g/mol. The van der Waals surface area contributed by atoms with E-state index < -0.39 is 29.4 Å². The summed E-state index contributed by atoms with van der Waals surface area (Å²) in [5.41, 5.74) is 0.681. The summed E-state index contributed by atoms with van der Waals surface area (Å²) in [7, 11) is 0. The Hall–Kier alpha value is -2.40. The van der Waals surface area contributed by atoms with Crippen LogP contribution in [0.15, 0.2) is 61.2 Å². The number of halogens is 4. The summed E-state index contributed by atoms with van der Waals surface area (Å²) in [4.78, 5) is 0. The fraction of sp³-hybridized carbons (Fsp3) is 0.429. The molecule has 0 N–H and O–H groups in total. The van der Waals surface area contributed by atoms with Gasteiger partial charge < -0.3 is 4.74 Å². The zero-order valence-electron chi connectivity index (χ0n) is 19.3. The van der Waals surface area contributed by atoms with Crippen LogP contribution in [0.5, 0.6) is 0 Å². The molecule has 2 aromatic carbocycles. The number of allylic oxidation sites excluding steroid dienone is 3. The average Bonchev–Trinajstić information content (AvgIpc) is 2.78. The van der Waals surface area contributed by atoms with Crippen LogP contribution in [0.3, 0.4) is 0 Å². The highest BCUT2D eigenvalue weighted by Crippen LogP contribution is 2.41. The van der Waals surface area contributed by atoms with Gasteiger partial charge >= 0.3 is 6.11 Å². The molecule has 1 saturated carbocycles. The van der Waals surface area contributed by atoms with Crippen molar-refractivity contribution < 1.29 is 22.3 Å². The van der Waals surface area contributed by atoms with Crippen LogP contribution < -0.4 is 0 Å². The minimum Gasteiger partial charge on any atom is -0.309 e. The van der Waals surface area contributed by atoms with E-state index in [-0.39, 0.29) is 5.92 Å². The molecule has 0 spiro atoms. The third-order valence-corrected chi connectivity index (χ3v) is 6.54. The van der Waals surface area contributed by atoms with Gasteiger partial charge in [-0.25, -0.2) is 8.78 Å². The Morgan fingerprint density at radius 1 is 1.06 bits per heavy atom. The Balaban J connectivity index is 1.72. The third-order valence-electron chi connectivity index (χ3n) is 6.54. The molecule has 3 rings (SSSR count). The van der Waals surface area contributed by atoms with Gasteiger partial charge in [-0.2, -0.15) is 8.78 Å². The van der Waals surface area contributed by atoms with Gasteiger partial charge in [-0.1, -0.05) is 42.5 Å². The van der Waals surface area contributed by atoms with E-state index in [1.54, 1.807) is 12.1 Å². The van der Waals surface area contributed by atoms with Gasteiger partial charge in [0.2, 0.25) is 0 Å². The van der Waals surface area contributed by atoms with Crippen LogP contribution in [-0.2, 0) is 17.3 Å². The van der Waals surface area contributed by atoms with Crippen LogP contribution in [0.1, 0.15) is 80.2 Å². The smallest absolute Gasteiger partial charge is 0.309 e. The Morgan fingerprint density at radius 3 is 2.21 bits per heavy atom. The number of aryl methyl sites for hydroxylation is 1. The average molecular weight is 461 g/mol. The van der Waals surface area contributed by atoms with E-state index in [1.807, 2.05) is 31.2 Å².